The van der Waals surface area contributed by atoms with E-state index in [2.05, 4.69) is 16.9 Å². The van der Waals surface area contributed by atoms with E-state index in [1.54, 1.807) is 0 Å². The Morgan fingerprint density at radius 3 is 2.09 bits per heavy atom. The lowest BCUT2D eigenvalue weighted by Gasteiger charge is -2.14. The molecule has 2 unspecified atom stereocenters. The van der Waals surface area contributed by atoms with Crippen LogP contribution in [0.3, 0.4) is 0 Å². The molecule has 2 aromatic rings. The SMILES string of the molecule is CCCCCCCCCCC(C)c1cc(S(=O)(=O)O)cc2[nH]c(CCC(C)S(=O)(=O)O)nc12. The van der Waals surface area contributed by atoms with Crippen LogP contribution in [-0.2, 0) is 26.7 Å². The molecule has 0 saturated heterocycles. The predicted octanol–water partition coefficient (Wildman–Crippen LogP) is 5.65. The van der Waals surface area contributed by atoms with Gasteiger partial charge in [0.15, 0.2) is 0 Å². The Bertz CT molecular complexity index is 1110. The van der Waals surface area contributed by atoms with E-state index in [4.69, 9.17) is 4.55 Å². The topological polar surface area (TPSA) is 137 Å². The zero-order valence-corrected chi connectivity index (χ0v) is 21.5. The van der Waals surface area contributed by atoms with Crippen molar-refractivity contribution < 1.29 is 25.9 Å². The lowest BCUT2D eigenvalue weighted by molar-refractivity contribution is 0.465. The minimum Gasteiger partial charge on any atom is -0.342 e. The summed E-state index contributed by atoms with van der Waals surface area (Å²) in [5.41, 5.74) is 1.86. The van der Waals surface area contributed by atoms with E-state index < -0.39 is 25.5 Å². The summed E-state index contributed by atoms with van der Waals surface area (Å²) in [6.07, 6.45) is 11.0. The number of benzene rings is 1. The van der Waals surface area contributed by atoms with Crippen molar-refractivity contribution >= 4 is 31.3 Å². The zero-order chi connectivity index (χ0) is 24.6. The molecule has 33 heavy (non-hydrogen) atoms. The highest BCUT2D eigenvalue weighted by Gasteiger charge is 2.21. The average Bonchev–Trinajstić information content (AvgIpc) is 3.14. The quantitative estimate of drug-likeness (QED) is 0.211. The molecule has 0 fully saturated rings. The number of nitrogens with one attached hydrogen (secondary N) is 1. The number of hydrogen-bond acceptors (Lipinski definition) is 5. The molecule has 0 spiro atoms. The van der Waals surface area contributed by atoms with Crippen molar-refractivity contribution in [2.45, 2.75) is 107 Å². The standard InChI is InChI=1S/C23H38N2O6S2/c1-4-5-6-7-8-9-10-11-12-17(2)20-15-19(33(29,30)31)16-21-23(20)25-22(24-21)14-13-18(3)32(26,27)28/h15-18H,4-14H2,1-3H3,(H,24,25)(H,26,27,28)(H,29,30,31). The van der Waals surface area contributed by atoms with Crippen molar-refractivity contribution in [1.29, 1.82) is 0 Å². The fourth-order valence-electron chi connectivity index (χ4n) is 4.04. The molecule has 1 heterocycles. The largest absolute Gasteiger partial charge is 0.342 e. The Labute approximate surface area is 198 Å². The first-order valence-corrected chi connectivity index (χ1v) is 14.8. The van der Waals surface area contributed by atoms with Gasteiger partial charge in [0.05, 0.1) is 21.2 Å². The van der Waals surface area contributed by atoms with E-state index in [1.165, 1.54) is 57.6 Å². The molecular formula is C23H38N2O6S2. The van der Waals surface area contributed by atoms with Crippen LogP contribution in [0.2, 0.25) is 0 Å². The first-order chi connectivity index (χ1) is 15.4. The molecule has 1 aromatic carbocycles. The van der Waals surface area contributed by atoms with Crippen LogP contribution in [-0.4, -0.2) is 41.2 Å². The average molecular weight is 503 g/mol. The van der Waals surface area contributed by atoms with Gasteiger partial charge in [-0.25, -0.2) is 4.98 Å². The molecule has 0 aliphatic carbocycles. The summed E-state index contributed by atoms with van der Waals surface area (Å²) < 4.78 is 64.9. The number of aromatic amines is 1. The fourth-order valence-corrected chi connectivity index (χ4v) is 5.00. The van der Waals surface area contributed by atoms with E-state index >= 15 is 0 Å². The molecule has 1 aromatic heterocycles. The lowest BCUT2D eigenvalue weighted by atomic mass is 9.93. The minimum absolute atomic E-state index is 0.0437. The predicted molar refractivity (Wildman–Crippen MR) is 131 cm³/mol. The summed E-state index contributed by atoms with van der Waals surface area (Å²) in [6, 6.07) is 2.83. The molecule has 0 radical (unpaired) electrons. The number of H-pyrrole nitrogens is 1. The van der Waals surface area contributed by atoms with Gasteiger partial charge in [-0.05, 0) is 43.4 Å². The highest BCUT2D eigenvalue weighted by molar-refractivity contribution is 7.86. The number of aromatic nitrogens is 2. The summed E-state index contributed by atoms with van der Waals surface area (Å²) >= 11 is 0. The van der Waals surface area contributed by atoms with E-state index in [9.17, 15) is 21.4 Å². The van der Waals surface area contributed by atoms with Crippen molar-refractivity contribution in [2.75, 3.05) is 0 Å². The smallest absolute Gasteiger partial charge is 0.294 e. The first kappa shape index (κ1) is 27.8. The maximum absolute atomic E-state index is 11.8. The Morgan fingerprint density at radius 2 is 1.52 bits per heavy atom. The monoisotopic (exact) mass is 502 g/mol. The highest BCUT2D eigenvalue weighted by atomic mass is 32.2. The van der Waals surface area contributed by atoms with Crippen molar-refractivity contribution in [3.8, 4) is 0 Å². The minimum atomic E-state index is -4.39. The Kier molecular flexibility index (Phi) is 10.3. The molecule has 2 atom stereocenters. The molecular weight excluding hydrogens is 464 g/mol. The molecule has 188 valence electrons. The van der Waals surface area contributed by atoms with Crippen LogP contribution in [0.15, 0.2) is 17.0 Å². The number of fused-ring (bicyclic) bond motifs is 1. The van der Waals surface area contributed by atoms with Gasteiger partial charge >= 0.3 is 0 Å². The maximum Gasteiger partial charge on any atom is 0.294 e. The van der Waals surface area contributed by atoms with Gasteiger partial charge in [-0.3, -0.25) is 9.11 Å². The number of aryl methyl sites for hydroxylation is 1. The van der Waals surface area contributed by atoms with Crippen molar-refractivity contribution in [1.82, 2.24) is 9.97 Å². The molecule has 0 saturated carbocycles. The second-order valence-electron chi connectivity index (χ2n) is 9.10. The number of hydrogen-bond donors (Lipinski definition) is 3. The molecule has 0 amide bonds. The molecule has 2 rings (SSSR count). The molecule has 0 aliphatic heterocycles. The second-order valence-corrected chi connectivity index (χ2v) is 12.4. The molecule has 0 bridgehead atoms. The third-order valence-electron chi connectivity index (χ3n) is 6.25. The van der Waals surface area contributed by atoms with E-state index in [1.807, 2.05) is 6.92 Å². The van der Waals surface area contributed by atoms with Gasteiger partial charge in [0.2, 0.25) is 0 Å². The molecule has 8 nitrogen and oxygen atoms in total. The van der Waals surface area contributed by atoms with Crippen LogP contribution >= 0.6 is 0 Å². The van der Waals surface area contributed by atoms with E-state index in [0.29, 0.717) is 16.9 Å². The summed E-state index contributed by atoms with van der Waals surface area (Å²) in [5.74, 6) is 0.552. The van der Waals surface area contributed by atoms with Crippen LogP contribution in [0.25, 0.3) is 11.0 Å². The van der Waals surface area contributed by atoms with Crippen LogP contribution in [0, 0.1) is 0 Å². The number of nitrogens with zero attached hydrogens (tertiary/aromatic N) is 1. The van der Waals surface area contributed by atoms with Gasteiger partial charge in [-0.1, -0.05) is 65.2 Å². The second kappa shape index (κ2) is 12.3. The summed E-state index contributed by atoms with van der Waals surface area (Å²) in [6.45, 7) is 5.65. The number of unbranched alkanes of at least 4 members (excludes halogenated alkanes) is 7. The van der Waals surface area contributed by atoms with Crippen LogP contribution in [0.1, 0.15) is 102 Å². The zero-order valence-electron chi connectivity index (χ0n) is 19.9. The first-order valence-electron chi connectivity index (χ1n) is 11.9. The normalized spacial score (nSPS) is 14.6. The summed E-state index contributed by atoms with van der Waals surface area (Å²) in [4.78, 5) is 7.45. The maximum atomic E-state index is 11.8. The van der Waals surface area contributed by atoms with Crippen LogP contribution in [0.4, 0.5) is 0 Å². The molecule has 0 aliphatic rings. The van der Waals surface area contributed by atoms with Crippen molar-refractivity contribution in [3.63, 3.8) is 0 Å². The molecule has 10 heteroatoms. The Hall–Kier alpha value is -1.49. The fraction of sp³-hybridized carbons (Fsp3) is 0.696. The number of rotatable bonds is 15. The van der Waals surface area contributed by atoms with Gasteiger partial charge in [0.25, 0.3) is 20.2 Å². The van der Waals surface area contributed by atoms with Crippen LogP contribution in [0.5, 0.6) is 0 Å². The molecule has 3 N–H and O–H groups in total. The van der Waals surface area contributed by atoms with E-state index in [0.717, 1.165) is 24.8 Å². The van der Waals surface area contributed by atoms with Gasteiger partial charge in [-0.15, -0.1) is 0 Å². The highest BCUT2D eigenvalue weighted by Crippen LogP contribution is 2.31. The van der Waals surface area contributed by atoms with Crippen LogP contribution < -0.4 is 0 Å². The third kappa shape index (κ3) is 8.66. The summed E-state index contributed by atoms with van der Waals surface area (Å²) in [5, 5.41) is -0.931. The number of imidazole rings is 1. The van der Waals surface area contributed by atoms with Gasteiger partial charge < -0.3 is 4.98 Å². The van der Waals surface area contributed by atoms with Gasteiger partial charge in [0, 0.05) is 6.42 Å². The Morgan fingerprint density at radius 1 is 0.909 bits per heavy atom. The van der Waals surface area contributed by atoms with Gasteiger partial charge in [-0.2, -0.15) is 16.8 Å². The van der Waals surface area contributed by atoms with Crippen molar-refractivity contribution in [2.24, 2.45) is 0 Å². The van der Waals surface area contributed by atoms with Crippen molar-refractivity contribution in [3.05, 3.63) is 23.5 Å². The third-order valence-corrected chi connectivity index (χ3v) is 8.34. The Balaban J connectivity index is 2.13. The summed E-state index contributed by atoms with van der Waals surface area (Å²) in [7, 11) is -8.51. The van der Waals surface area contributed by atoms with Gasteiger partial charge in [0.1, 0.15) is 5.82 Å². The van der Waals surface area contributed by atoms with E-state index in [-0.39, 0.29) is 23.7 Å². The lowest BCUT2D eigenvalue weighted by Crippen LogP contribution is -2.17.